The van der Waals surface area contributed by atoms with Crippen LogP contribution < -0.4 is 14.2 Å². The van der Waals surface area contributed by atoms with Crippen LogP contribution in [-0.4, -0.2) is 28.8 Å². The molecule has 0 amide bonds. The fourth-order valence-corrected chi connectivity index (χ4v) is 3.33. The molecule has 3 heterocycles. The van der Waals surface area contributed by atoms with Gasteiger partial charge in [0, 0.05) is 36.1 Å². The molecular weight excluding hydrogens is 356 g/mol. The number of ether oxygens (including phenoxy) is 3. The number of rotatable bonds is 6. The average Bonchev–Trinajstić information content (AvgIpc) is 2.75. The van der Waals surface area contributed by atoms with E-state index < -0.39 is 6.10 Å². The number of aliphatic hydroxyl groups is 1. The average molecular weight is 378 g/mol. The molecule has 0 spiro atoms. The van der Waals surface area contributed by atoms with Gasteiger partial charge in [-0.2, -0.15) is 0 Å². The van der Waals surface area contributed by atoms with Crippen molar-refractivity contribution in [1.82, 2.24) is 9.97 Å². The summed E-state index contributed by atoms with van der Waals surface area (Å²) in [5.41, 5.74) is 2.59. The zero-order valence-electron chi connectivity index (χ0n) is 15.6. The van der Waals surface area contributed by atoms with E-state index in [1.807, 2.05) is 42.6 Å². The van der Waals surface area contributed by atoms with Crippen molar-refractivity contribution in [3.8, 4) is 17.2 Å². The lowest BCUT2D eigenvalue weighted by Crippen LogP contribution is -2.27. The second-order valence-electron chi connectivity index (χ2n) is 6.76. The zero-order chi connectivity index (χ0) is 19.3. The van der Waals surface area contributed by atoms with Crippen molar-refractivity contribution in [3.05, 3.63) is 77.9 Å². The van der Waals surface area contributed by atoms with Crippen molar-refractivity contribution in [2.24, 2.45) is 5.92 Å². The van der Waals surface area contributed by atoms with Crippen LogP contribution in [0.4, 0.5) is 0 Å². The summed E-state index contributed by atoms with van der Waals surface area (Å²) < 4.78 is 16.9. The highest BCUT2D eigenvalue weighted by Crippen LogP contribution is 2.39. The summed E-state index contributed by atoms with van der Waals surface area (Å²) >= 11 is 0. The molecule has 6 nitrogen and oxygen atoms in total. The molecule has 1 aliphatic heterocycles. The van der Waals surface area contributed by atoms with Gasteiger partial charge < -0.3 is 19.3 Å². The Morgan fingerprint density at radius 3 is 2.89 bits per heavy atom. The molecule has 1 N–H and O–H groups in total. The molecule has 28 heavy (non-hydrogen) atoms. The van der Waals surface area contributed by atoms with Gasteiger partial charge in [-0.25, -0.2) is 0 Å². The summed E-state index contributed by atoms with van der Waals surface area (Å²) in [5.74, 6) is 2.06. The topological polar surface area (TPSA) is 73.7 Å². The van der Waals surface area contributed by atoms with Crippen molar-refractivity contribution >= 4 is 0 Å². The van der Waals surface area contributed by atoms with Crippen LogP contribution in [0.1, 0.15) is 22.9 Å². The number of pyridine rings is 2. The van der Waals surface area contributed by atoms with Crippen LogP contribution >= 0.6 is 0 Å². The summed E-state index contributed by atoms with van der Waals surface area (Å²) in [7, 11) is 1.62. The number of aromatic nitrogens is 2. The van der Waals surface area contributed by atoms with Gasteiger partial charge in [0.1, 0.15) is 23.9 Å². The van der Waals surface area contributed by atoms with E-state index in [4.69, 9.17) is 14.2 Å². The maximum absolute atomic E-state index is 10.9. The summed E-state index contributed by atoms with van der Waals surface area (Å²) in [4.78, 5) is 8.42. The van der Waals surface area contributed by atoms with Crippen LogP contribution in [-0.2, 0) is 13.0 Å². The highest BCUT2D eigenvalue weighted by molar-refractivity contribution is 5.43. The zero-order valence-corrected chi connectivity index (χ0v) is 15.6. The second kappa shape index (κ2) is 8.27. The Hall–Kier alpha value is -3.12. The lowest BCUT2D eigenvalue weighted by Gasteiger charge is -2.30. The third-order valence-corrected chi connectivity index (χ3v) is 4.83. The number of hydrogen-bond donors (Lipinski definition) is 1. The molecule has 0 saturated heterocycles. The Morgan fingerprint density at radius 2 is 2.07 bits per heavy atom. The van der Waals surface area contributed by atoms with Crippen molar-refractivity contribution in [2.75, 3.05) is 13.7 Å². The predicted molar refractivity (Wildman–Crippen MR) is 103 cm³/mol. The number of nitrogens with zero attached hydrogens (tertiary/aromatic N) is 2. The fourth-order valence-electron chi connectivity index (χ4n) is 3.33. The van der Waals surface area contributed by atoms with Crippen LogP contribution in [0.15, 0.2) is 61.1 Å². The normalized spacial score (nSPS) is 18.1. The Bertz CT molecular complexity index is 933. The molecule has 0 bridgehead atoms. The number of benzene rings is 1. The van der Waals surface area contributed by atoms with Crippen LogP contribution in [0.5, 0.6) is 17.2 Å². The standard InChI is InChI=1S/C22H22N2O4/c1-26-18-6-8-24-17(10-18)14-27-19-4-5-21-20(11-19)22(25)16(13-28-21)9-15-3-2-7-23-12-15/h2-8,10-12,16,22,25H,9,13-14H2,1H3/t16-,22-/m0/s1. The minimum absolute atomic E-state index is 0.0352. The van der Waals surface area contributed by atoms with Gasteiger partial charge in [-0.3, -0.25) is 9.97 Å². The summed E-state index contributed by atoms with van der Waals surface area (Å²) in [6.45, 7) is 0.781. The smallest absolute Gasteiger partial charge is 0.130 e. The molecule has 3 aromatic rings. The quantitative estimate of drug-likeness (QED) is 0.709. The molecule has 1 aliphatic rings. The maximum atomic E-state index is 10.9. The van der Waals surface area contributed by atoms with Crippen LogP contribution in [0.3, 0.4) is 0 Å². The third kappa shape index (κ3) is 4.07. The van der Waals surface area contributed by atoms with Gasteiger partial charge in [0.05, 0.1) is 25.5 Å². The molecule has 4 rings (SSSR count). The first-order valence-electron chi connectivity index (χ1n) is 9.18. The number of methoxy groups -OCH3 is 1. The van der Waals surface area contributed by atoms with E-state index in [9.17, 15) is 5.11 Å². The van der Waals surface area contributed by atoms with Crippen molar-refractivity contribution in [3.63, 3.8) is 0 Å². The minimum Gasteiger partial charge on any atom is -0.497 e. The van der Waals surface area contributed by atoms with Crippen LogP contribution in [0.25, 0.3) is 0 Å². The predicted octanol–water partition coefficient (Wildman–Crippen LogP) is 3.35. The largest absolute Gasteiger partial charge is 0.497 e. The number of aliphatic hydroxyl groups excluding tert-OH is 1. The second-order valence-corrected chi connectivity index (χ2v) is 6.76. The van der Waals surface area contributed by atoms with Crippen LogP contribution in [0, 0.1) is 5.92 Å². The first-order chi connectivity index (χ1) is 13.7. The van der Waals surface area contributed by atoms with E-state index in [0.29, 0.717) is 31.1 Å². The number of hydrogen-bond acceptors (Lipinski definition) is 6. The Balaban J connectivity index is 1.46. The minimum atomic E-state index is -0.623. The molecular formula is C22H22N2O4. The van der Waals surface area contributed by atoms with Gasteiger partial charge in [-0.15, -0.1) is 0 Å². The van der Waals surface area contributed by atoms with Gasteiger partial charge >= 0.3 is 0 Å². The summed E-state index contributed by atoms with van der Waals surface area (Å²) in [6.07, 6.45) is 5.33. The molecule has 0 aliphatic carbocycles. The van der Waals surface area contributed by atoms with Gasteiger partial charge in [-0.1, -0.05) is 6.07 Å². The van der Waals surface area contributed by atoms with E-state index in [2.05, 4.69) is 9.97 Å². The first kappa shape index (κ1) is 18.3. The summed E-state index contributed by atoms with van der Waals surface area (Å²) in [6, 6.07) is 13.1. The lowest BCUT2D eigenvalue weighted by molar-refractivity contribution is 0.0504. The van der Waals surface area contributed by atoms with E-state index in [-0.39, 0.29) is 5.92 Å². The molecule has 0 saturated carbocycles. The first-order valence-corrected chi connectivity index (χ1v) is 9.18. The molecule has 0 fully saturated rings. The van der Waals surface area contributed by atoms with Gasteiger partial charge in [0.2, 0.25) is 0 Å². The molecule has 2 atom stereocenters. The lowest BCUT2D eigenvalue weighted by atomic mass is 9.88. The highest BCUT2D eigenvalue weighted by atomic mass is 16.5. The van der Waals surface area contributed by atoms with Gasteiger partial charge in [0.25, 0.3) is 0 Å². The maximum Gasteiger partial charge on any atom is 0.130 e. The molecule has 0 radical (unpaired) electrons. The fraction of sp³-hybridized carbons (Fsp3) is 0.273. The molecule has 144 valence electrons. The Kier molecular flexibility index (Phi) is 5.39. The molecule has 6 heteroatoms. The monoisotopic (exact) mass is 378 g/mol. The molecule has 1 aromatic carbocycles. The van der Waals surface area contributed by atoms with E-state index in [1.54, 1.807) is 25.6 Å². The molecule has 0 unspecified atom stereocenters. The SMILES string of the molecule is COc1ccnc(COc2ccc3c(c2)[C@@H](O)[C@@H](Cc2cccnc2)CO3)c1. The molecule has 2 aromatic heterocycles. The van der Waals surface area contributed by atoms with Gasteiger partial charge in [-0.05, 0) is 42.3 Å². The van der Waals surface area contributed by atoms with E-state index in [0.717, 1.165) is 22.6 Å². The Morgan fingerprint density at radius 1 is 1.14 bits per heavy atom. The van der Waals surface area contributed by atoms with E-state index >= 15 is 0 Å². The van der Waals surface area contributed by atoms with Crippen molar-refractivity contribution < 1.29 is 19.3 Å². The summed E-state index contributed by atoms with van der Waals surface area (Å²) in [5, 5.41) is 10.9. The third-order valence-electron chi connectivity index (χ3n) is 4.83. The van der Waals surface area contributed by atoms with Gasteiger partial charge in [0.15, 0.2) is 0 Å². The van der Waals surface area contributed by atoms with Crippen molar-refractivity contribution in [1.29, 1.82) is 0 Å². The van der Waals surface area contributed by atoms with Crippen molar-refractivity contribution in [2.45, 2.75) is 19.1 Å². The Labute approximate surface area is 163 Å². The highest BCUT2D eigenvalue weighted by Gasteiger charge is 2.30. The van der Waals surface area contributed by atoms with E-state index in [1.165, 1.54) is 0 Å². The van der Waals surface area contributed by atoms with Crippen LogP contribution in [0.2, 0.25) is 0 Å². The number of fused-ring (bicyclic) bond motifs is 1.